The highest BCUT2D eigenvalue weighted by atomic mass is 32.1. The van der Waals surface area contributed by atoms with Crippen molar-refractivity contribution in [2.45, 2.75) is 78.9 Å². The third-order valence-corrected chi connectivity index (χ3v) is 18.8. The molecule has 1 aliphatic rings. The maximum Gasteiger partial charge on any atom is 0.182 e. The van der Waals surface area contributed by atoms with Crippen molar-refractivity contribution < 1.29 is 0 Å². The van der Waals surface area contributed by atoms with Crippen molar-refractivity contribution in [3.05, 3.63) is 76.7 Å². The van der Waals surface area contributed by atoms with Crippen LogP contribution >= 0.6 is 22.7 Å². The Kier molecular flexibility index (Phi) is 7.34. The Morgan fingerprint density at radius 1 is 0.667 bits per heavy atom. The second kappa shape index (κ2) is 10.2. The Hall–Kier alpha value is -1.73. The molecule has 0 bridgehead atoms. The molecule has 0 spiro atoms. The maximum absolute atomic E-state index is 2.66. The van der Waals surface area contributed by atoms with Gasteiger partial charge < -0.3 is 0 Å². The van der Waals surface area contributed by atoms with Gasteiger partial charge in [-0.1, -0.05) is 101 Å². The summed E-state index contributed by atoms with van der Waals surface area (Å²) in [6.45, 7) is 14.4. The first kappa shape index (κ1) is 25.9. The van der Waals surface area contributed by atoms with E-state index in [2.05, 4.69) is 112 Å². The fourth-order valence-electron chi connectivity index (χ4n) is 5.71. The van der Waals surface area contributed by atoms with E-state index in [1.54, 1.807) is 35.0 Å². The first-order chi connectivity index (χ1) is 17.3. The number of fused-ring (bicyclic) bond motifs is 3. The van der Waals surface area contributed by atoms with Gasteiger partial charge in [0.15, 0.2) is 8.07 Å². The van der Waals surface area contributed by atoms with E-state index in [0.29, 0.717) is 0 Å². The van der Waals surface area contributed by atoms with Gasteiger partial charge in [-0.2, -0.15) is 0 Å². The predicted octanol–water partition coefficient (Wildman–Crippen LogP) is 6.71. The summed E-state index contributed by atoms with van der Waals surface area (Å²) in [6.07, 6.45) is 7.40. The molecule has 0 unspecified atom stereocenters. The Bertz CT molecular complexity index is 1280. The zero-order valence-corrected chi connectivity index (χ0v) is 26.5. The molecule has 0 radical (unpaired) electrons. The molecule has 5 rings (SSSR count). The average molecular weight is 545 g/mol. The topological polar surface area (TPSA) is 0 Å². The molecule has 36 heavy (non-hydrogen) atoms. The van der Waals surface area contributed by atoms with Gasteiger partial charge in [-0.25, -0.2) is 0 Å². The van der Waals surface area contributed by atoms with E-state index in [1.807, 2.05) is 11.3 Å². The first-order valence-electron chi connectivity index (χ1n) is 13.7. The highest BCUT2D eigenvalue weighted by molar-refractivity contribution is 7.38. The summed E-state index contributed by atoms with van der Waals surface area (Å²) in [4.78, 5) is 4.59. The molecule has 2 aromatic carbocycles. The number of thiophene rings is 2. The fraction of sp³-hybridized carbons (Fsp3) is 0.375. The number of rotatable bonds is 9. The van der Waals surface area contributed by atoms with Crippen molar-refractivity contribution in [3.8, 4) is 9.75 Å². The van der Waals surface area contributed by atoms with E-state index in [1.165, 1.54) is 54.5 Å². The Morgan fingerprint density at radius 3 is 1.61 bits per heavy atom. The minimum absolute atomic E-state index is 1.18. The quantitative estimate of drug-likeness (QED) is 0.181. The van der Waals surface area contributed by atoms with Gasteiger partial charge in [0.2, 0.25) is 0 Å². The lowest BCUT2D eigenvalue weighted by Gasteiger charge is -2.30. The highest BCUT2D eigenvalue weighted by Gasteiger charge is 2.51. The molecule has 4 aromatic rings. The Balaban J connectivity index is 1.75. The smallest absolute Gasteiger partial charge is 0.144 e. The molecule has 2 aromatic heterocycles. The van der Waals surface area contributed by atoms with Gasteiger partial charge in [-0.05, 0) is 75.0 Å². The van der Waals surface area contributed by atoms with Crippen molar-refractivity contribution in [1.82, 2.24) is 0 Å². The molecule has 0 atom stereocenters. The normalized spacial score (nSPS) is 14.2. The van der Waals surface area contributed by atoms with Crippen LogP contribution in [-0.2, 0) is 12.8 Å². The summed E-state index contributed by atoms with van der Waals surface area (Å²) < 4.78 is 1.65. The molecule has 1 aliphatic heterocycles. The van der Waals surface area contributed by atoms with Gasteiger partial charge in [-0.3, -0.25) is 0 Å². The molecule has 3 heterocycles. The molecule has 4 heteroatoms. The van der Waals surface area contributed by atoms with E-state index in [9.17, 15) is 0 Å². The van der Waals surface area contributed by atoms with Crippen molar-refractivity contribution in [2.24, 2.45) is 0 Å². The molecule has 0 fully saturated rings. The van der Waals surface area contributed by atoms with Crippen LogP contribution in [0.5, 0.6) is 0 Å². The molecule has 0 aliphatic carbocycles. The van der Waals surface area contributed by atoms with Crippen LogP contribution in [0.4, 0.5) is 0 Å². The van der Waals surface area contributed by atoms with Crippen LogP contribution in [0.25, 0.3) is 9.75 Å². The Morgan fingerprint density at radius 2 is 1.14 bits per heavy atom. The van der Waals surface area contributed by atoms with Crippen LogP contribution in [-0.4, -0.2) is 16.1 Å². The lowest BCUT2D eigenvalue weighted by atomic mass is 10.1. The lowest BCUT2D eigenvalue weighted by Crippen LogP contribution is -2.72. The molecular formula is C32H40S2Si2. The zero-order valence-electron chi connectivity index (χ0n) is 22.8. The third-order valence-electron chi connectivity index (χ3n) is 7.75. The summed E-state index contributed by atoms with van der Waals surface area (Å²) in [5.41, 5.74) is 2.96. The molecule has 0 saturated heterocycles. The second-order valence-electron chi connectivity index (χ2n) is 11.6. The summed E-state index contributed by atoms with van der Waals surface area (Å²) in [7, 11) is -3.74. The number of unbranched alkanes of at least 4 members (excludes halogenated alkanes) is 2. The van der Waals surface area contributed by atoms with E-state index in [-0.39, 0.29) is 0 Å². The molecule has 0 amide bonds. The summed E-state index contributed by atoms with van der Waals surface area (Å²) >= 11 is 4.14. The number of hydrogen-bond donors (Lipinski definition) is 0. The summed E-state index contributed by atoms with van der Waals surface area (Å²) in [5.74, 6) is 0. The van der Waals surface area contributed by atoms with Gasteiger partial charge in [-0.15, -0.1) is 22.7 Å². The standard InChI is InChI=1S/C32H40S2Si2/c1-7-9-11-24-13-17-26(18-14-24)36(27-19-15-25(16-20-27)12-10-8-2)28-21-23(3)33-31(28)32-29(36)22-30(34-32)35(4,5)6/h13-22H,7-12H2,1-6H3. The van der Waals surface area contributed by atoms with Crippen LogP contribution < -0.4 is 25.2 Å². The van der Waals surface area contributed by atoms with E-state index >= 15 is 0 Å². The summed E-state index contributed by atoms with van der Waals surface area (Å²) in [5, 5.41) is 6.41. The average Bonchev–Trinajstić information content (AvgIpc) is 3.53. The zero-order chi connectivity index (χ0) is 25.5. The molecule has 0 nitrogen and oxygen atoms in total. The number of hydrogen-bond acceptors (Lipinski definition) is 2. The molecule has 0 saturated carbocycles. The number of benzene rings is 2. The SMILES string of the molecule is CCCCc1ccc([Si]2(c3ccc(CCCC)cc3)c3cc(C)sc3-c3sc([Si](C)(C)C)cc32)cc1. The third kappa shape index (κ3) is 4.44. The van der Waals surface area contributed by atoms with Gasteiger partial charge in [0, 0.05) is 14.6 Å². The van der Waals surface area contributed by atoms with E-state index in [4.69, 9.17) is 0 Å². The monoisotopic (exact) mass is 544 g/mol. The van der Waals surface area contributed by atoms with Crippen LogP contribution in [0, 0.1) is 6.92 Å². The second-order valence-corrected chi connectivity index (χ2v) is 23.0. The predicted molar refractivity (Wildman–Crippen MR) is 170 cm³/mol. The molecular weight excluding hydrogens is 505 g/mol. The van der Waals surface area contributed by atoms with Crippen LogP contribution in [0.1, 0.15) is 55.5 Å². The minimum Gasteiger partial charge on any atom is -0.144 e. The van der Waals surface area contributed by atoms with Crippen LogP contribution in [0.2, 0.25) is 19.6 Å². The van der Waals surface area contributed by atoms with Gasteiger partial charge in [0.05, 0.1) is 8.07 Å². The van der Waals surface area contributed by atoms with Gasteiger partial charge in [0.1, 0.15) is 0 Å². The minimum atomic E-state index is -2.33. The van der Waals surface area contributed by atoms with E-state index < -0.39 is 16.1 Å². The van der Waals surface area contributed by atoms with Crippen molar-refractivity contribution >= 4 is 64.1 Å². The summed E-state index contributed by atoms with van der Waals surface area (Å²) in [6, 6.07) is 24.9. The fourth-order valence-corrected chi connectivity index (χ4v) is 16.4. The van der Waals surface area contributed by atoms with Crippen molar-refractivity contribution in [1.29, 1.82) is 0 Å². The number of aryl methyl sites for hydroxylation is 3. The van der Waals surface area contributed by atoms with Crippen LogP contribution in [0.3, 0.4) is 0 Å². The lowest BCUT2D eigenvalue weighted by molar-refractivity contribution is 0.795. The Labute approximate surface area is 228 Å². The molecule has 188 valence electrons. The maximum atomic E-state index is 2.66. The van der Waals surface area contributed by atoms with Crippen molar-refractivity contribution in [3.63, 3.8) is 0 Å². The highest BCUT2D eigenvalue weighted by Crippen LogP contribution is 2.37. The van der Waals surface area contributed by atoms with Crippen LogP contribution in [0.15, 0.2) is 60.7 Å². The van der Waals surface area contributed by atoms with Crippen molar-refractivity contribution in [2.75, 3.05) is 0 Å². The van der Waals surface area contributed by atoms with E-state index in [0.717, 1.165) is 0 Å². The molecule has 0 N–H and O–H groups in total. The van der Waals surface area contributed by atoms with Gasteiger partial charge in [0.25, 0.3) is 0 Å². The first-order valence-corrected chi connectivity index (χ1v) is 20.9. The largest absolute Gasteiger partial charge is 0.182 e. The van der Waals surface area contributed by atoms with Gasteiger partial charge >= 0.3 is 0 Å².